The Morgan fingerprint density at radius 3 is 1.53 bits per heavy atom. The molecule has 4 aliphatic heterocycles. The third-order valence-electron chi connectivity index (χ3n) is 15.6. The Kier molecular flexibility index (Phi) is 19.7. The van der Waals surface area contributed by atoms with Gasteiger partial charge in [0.1, 0.15) is 24.9 Å². The van der Waals surface area contributed by atoms with Crippen LogP contribution in [0, 0.1) is 5.92 Å². The predicted molar refractivity (Wildman–Crippen MR) is 303 cm³/mol. The molecule has 17 nitrogen and oxygen atoms in total. The van der Waals surface area contributed by atoms with E-state index in [1.165, 1.54) is 5.56 Å². The minimum absolute atomic E-state index is 0.00153. The molecule has 0 spiro atoms. The first-order valence-corrected chi connectivity index (χ1v) is 28.2. The molecular formula is C61H79N9O8. The number of morpholine rings is 2. The number of aromatic nitrogens is 4. The number of fused-ring (bicyclic) bond motifs is 2. The third-order valence-corrected chi connectivity index (χ3v) is 15.6. The molecule has 17 heteroatoms. The molecule has 4 fully saturated rings. The third kappa shape index (κ3) is 14.2. The zero-order valence-corrected chi connectivity index (χ0v) is 45.9. The average Bonchev–Trinajstić information content (AvgIpc) is 4.03. The van der Waals surface area contributed by atoms with Crippen LogP contribution < -0.4 is 15.5 Å². The zero-order valence-electron chi connectivity index (χ0n) is 45.9. The molecule has 2 N–H and O–H groups in total. The van der Waals surface area contributed by atoms with Gasteiger partial charge in [-0.1, -0.05) is 55.5 Å². The van der Waals surface area contributed by atoms with E-state index in [9.17, 15) is 19.2 Å². The number of likely N-dealkylation sites (tertiary alicyclic amines) is 2. The van der Waals surface area contributed by atoms with Crippen molar-refractivity contribution in [2.24, 2.45) is 11.7 Å². The highest BCUT2D eigenvalue weighted by Crippen LogP contribution is 2.33. The Morgan fingerprint density at radius 1 is 0.615 bits per heavy atom. The Balaban J connectivity index is 0.000000190. The second-order valence-electron chi connectivity index (χ2n) is 21.5. The number of anilines is 2. The number of nitrogens with two attached hydrogens (primary N) is 1. The van der Waals surface area contributed by atoms with Crippen LogP contribution in [-0.2, 0) is 64.1 Å². The van der Waals surface area contributed by atoms with Gasteiger partial charge in [-0.15, -0.1) is 0 Å². The van der Waals surface area contributed by atoms with Gasteiger partial charge in [0.2, 0.25) is 11.8 Å². The van der Waals surface area contributed by atoms with Gasteiger partial charge in [-0.3, -0.25) is 19.2 Å². The fourth-order valence-electron chi connectivity index (χ4n) is 11.7. The van der Waals surface area contributed by atoms with Gasteiger partial charge >= 0.3 is 0 Å². The number of amides is 4. The smallest absolute Gasteiger partial charge is 0.253 e. The molecule has 4 amide bonds. The number of piperidine rings is 2. The number of carbonyl (C=O) groups is 4. The number of nitrogens with zero attached hydrogens (tertiary/aromatic N) is 8. The van der Waals surface area contributed by atoms with E-state index in [1.807, 2.05) is 59.5 Å². The van der Waals surface area contributed by atoms with E-state index in [1.54, 1.807) is 24.0 Å². The van der Waals surface area contributed by atoms with Gasteiger partial charge in [0, 0.05) is 122 Å². The van der Waals surface area contributed by atoms with Gasteiger partial charge in [0.25, 0.3) is 11.8 Å². The summed E-state index contributed by atoms with van der Waals surface area (Å²) in [6.07, 6.45) is 8.12. The van der Waals surface area contributed by atoms with Crippen molar-refractivity contribution >= 4 is 57.1 Å². The topological polar surface area (TPSA) is 180 Å². The highest BCUT2D eigenvalue weighted by atomic mass is 16.5. The molecule has 0 aliphatic carbocycles. The summed E-state index contributed by atoms with van der Waals surface area (Å²) in [7, 11) is 3.46. The van der Waals surface area contributed by atoms with E-state index in [2.05, 4.69) is 63.4 Å². The number of benzene rings is 4. The summed E-state index contributed by atoms with van der Waals surface area (Å²) in [5.74, 6) is 3.12. The van der Waals surface area contributed by atoms with Crippen molar-refractivity contribution in [1.29, 1.82) is 0 Å². The molecule has 4 aromatic carbocycles. The summed E-state index contributed by atoms with van der Waals surface area (Å²) in [5, 5.41) is 0. The maximum absolute atomic E-state index is 13.4. The monoisotopic (exact) mass is 1070 g/mol. The molecule has 4 aliphatic rings. The number of para-hydroxylation sites is 4. The van der Waals surface area contributed by atoms with Crippen LogP contribution in [0.1, 0.15) is 92.9 Å². The minimum Gasteiger partial charge on any atom is -0.385 e. The van der Waals surface area contributed by atoms with Crippen molar-refractivity contribution < 1.29 is 38.1 Å². The first-order valence-electron chi connectivity index (χ1n) is 28.2. The first kappa shape index (κ1) is 56.2. The summed E-state index contributed by atoms with van der Waals surface area (Å²) < 4.78 is 25.7. The number of aryl methyl sites for hydroxylation is 2. The van der Waals surface area contributed by atoms with Gasteiger partial charge in [0.15, 0.2) is 0 Å². The maximum Gasteiger partial charge on any atom is 0.253 e. The fourth-order valence-corrected chi connectivity index (χ4v) is 11.7. The van der Waals surface area contributed by atoms with E-state index < -0.39 is 0 Å². The molecular weight excluding hydrogens is 987 g/mol. The van der Waals surface area contributed by atoms with Crippen molar-refractivity contribution in [3.05, 3.63) is 120 Å². The molecule has 10 rings (SSSR count). The van der Waals surface area contributed by atoms with Gasteiger partial charge in [-0.05, 0) is 117 Å². The largest absolute Gasteiger partial charge is 0.385 e. The van der Waals surface area contributed by atoms with Crippen LogP contribution in [0.25, 0.3) is 22.1 Å². The number of hydrogen-bond donors (Lipinski definition) is 1. The zero-order chi connectivity index (χ0) is 54.4. The van der Waals surface area contributed by atoms with Crippen LogP contribution in [-0.4, -0.2) is 152 Å². The molecule has 4 atom stereocenters. The Morgan fingerprint density at radius 2 is 1.06 bits per heavy atom. The van der Waals surface area contributed by atoms with E-state index in [-0.39, 0.29) is 60.6 Å². The van der Waals surface area contributed by atoms with Crippen molar-refractivity contribution in [3.8, 4) is 0 Å². The van der Waals surface area contributed by atoms with Gasteiger partial charge in [0.05, 0.1) is 35.3 Å². The predicted octanol–water partition coefficient (Wildman–Crippen LogP) is 7.51. The summed E-state index contributed by atoms with van der Waals surface area (Å²) in [6, 6.07) is 32.3. The van der Waals surface area contributed by atoms with Gasteiger partial charge < -0.3 is 53.4 Å². The molecule has 78 heavy (non-hydrogen) atoms. The number of rotatable bonds is 20. The van der Waals surface area contributed by atoms with Gasteiger partial charge in [-0.25, -0.2) is 9.97 Å². The molecule has 6 aromatic rings. The lowest BCUT2D eigenvalue weighted by Gasteiger charge is -2.33. The maximum atomic E-state index is 13.4. The normalized spacial score (nSPS) is 19.0. The van der Waals surface area contributed by atoms with Crippen LogP contribution >= 0.6 is 0 Å². The first-order chi connectivity index (χ1) is 38.1. The molecule has 416 valence electrons. The van der Waals surface area contributed by atoms with Crippen LogP contribution in [0.4, 0.5) is 11.4 Å². The van der Waals surface area contributed by atoms with E-state index in [0.717, 1.165) is 128 Å². The second kappa shape index (κ2) is 27.4. The fraction of sp³-hybridized carbons (Fsp3) is 0.508. The van der Waals surface area contributed by atoms with E-state index in [0.29, 0.717) is 65.3 Å². The van der Waals surface area contributed by atoms with Crippen molar-refractivity contribution in [2.75, 3.05) is 103 Å². The summed E-state index contributed by atoms with van der Waals surface area (Å²) in [5.41, 5.74) is 14.8. The molecule has 0 saturated carbocycles. The van der Waals surface area contributed by atoms with E-state index >= 15 is 0 Å². The van der Waals surface area contributed by atoms with Crippen molar-refractivity contribution in [3.63, 3.8) is 0 Å². The molecule has 2 aromatic heterocycles. The number of hydrogen-bond acceptors (Lipinski definition) is 11. The lowest BCUT2D eigenvalue weighted by atomic mass is 9.94. The van der Waals surface area contributed by atoms with Crippen molar-refractivity contribution in [2.45, 2.75) is 102 Å². The molecule has 4 saturated heterocycles. The van der Waals surface area contributed by atoms with Crippen LogP contribution in [0.5, 0.6) is 0 Å². The number of ether oxygens (including phenoxy) is 4. The summed E-state index contributed by atoms with van der Waals surface area (Å²) in [6.45, 7) is 10.8. The summed E-state index contributed by atoms with van der Waals surface area (Å²) >= 11 is 0. The number of methoxy groups -OCH3 is 2. The molecule has 0 unspecified atom stereocenters. The van der Waals surface area contributed by atoms with Gasteiger partial charge in [-0.2, -0.15) is 0 Å². The van der Waals surface area contributed by atoms with Crippen molar-refractivity contribution in [1.82, 2.24) is 28.9 Å². The minimum atomic E-state index is -0.271. The molecule has 6 heterocycles. The number of imidazole rings is 2. The second-order valence-corrected chi connectivity index (χ2v) is 21.5. The van der Waals surface area contributed by atoms with Crippen LogP contribution in [0.15, 0.2) is 97.1 Å². The Labute approximate surface area is 458 Å². The molecule has 0 radical (unpaired) electrons. The standard InChI is InChI=1S/C31H40N4O4.C30H39N5O4/c1-23(19-24-10-12-26(13-11-24)34-16-18-39-22-30(34)37)20-29(36)33-14-5-7-25(21-33)31-32-27-8-3-4-9-28(27)35(31)15-6-17-38-2;1-38-16-5-14-35-27-8-3-2-7-26(27)32-30(35)23-6-4-13-33(20-23)28(36)19-24(31)18-22-9-11-25(12-10-22)34-15-17-39-21-29(34)37/h3-4,8-13,23,25H,5-7,14-22H2,1-2H3;2-3,7-12,23-24H,4-6,13-21,31H2,1H3/t23-,25-;23-,24-/m11/s1. The highest BCUT2D eigenvalue weighted by molar-refractivity contribution is 5.95. The average molecular weight is 1070 g/mol. The quantitative estimate of drug-likeness (QED) is 0.0748. The van der Waals surface area contributed by atoms with Crippen LogP contribution in [0.3, 0.4) is 0 Å². The Hall–Kier alpha value is -6.50. The SMILES string of the molecule is COCCCn1c([C@@H]2CCCN(C(=O)C[C@H](C)Cc3ccc(N4CCOCC4=O)cc3)C2)nc2ccccc21.COCCCn1c([C@@H]2CCCN(C(=O)C[C@H](N)Cc3ccc(N4CCOCC4=O)cc3)C2)nc2ccccc21. The highest BCUT2D eigenvalue weighted by Gasteiger charge is 2.31. The summed E-state index contributed by atoms with van der Waals surface area (Å²) in [4.78, 5) is 68.4. The van der Waals surface area contributed by atoms with E-state index in [4.69, 9.17) is 34.6 Å². The number of carbonyl (C=O) groups excluding carboxylic acids is 4. The lowest BCUT2D eigenvalue weighted by molar-refractivity contribution is -0.134. The Bertz CT molecular complexity index is 2740. The lowest BCUT2D eigenvalue weighted by Crippen LogP contribution is -2.42. The molecule has 0 bridgehead atoms. The van der Waals surface area contributed by atoms with Crippen LogP contribution in [0.2, 0.25) is 0 Å².